The van der Waals surface area contributed by atoms with Crippen molar-refractivity contribution in [1.29, 1.82) is 0 Å². The molecule has 0 aromatic heterocycles. The van der Waals surface area contributed by atoms with Crippen molar-refractivity contribution < 1.29 is 5.11 Å². The topological polar surface area (TPSA) is 87.9 Å². The minimum atomic E-state index is -0.167. The molecule has 13 heavy (non-hydrogen) atoms. The van der Waals surface area contributed by atoms with Crippen molar-refractivity contribution in [1.82, 2.24) is 4.90 Å². The summed E-state index contributed by atoms with van der Waals surface area (Å²) in [4.78, 5) is 2.06. The Morgan fingerprint density at radius 2 is 1.85 bits per heavy atom. The fraction of sp³-hybridized carbons (Fsp3) is 0.875. The van der Waals surface area contributed by atoms with E-state index >= 15 is 0 Å². The van der Waals surface area contributed by atoms with E-state index in [1.54, 1.807) is 0 Å². The van der Waals surface area contributed by atoms with E-state index < -0.39 is 0 Å². The Morgan fingerprint density at radius 1 is 1.31 bits per heavy atom. The summed E-state index contributed by atoms with van der Waals surface area (Å²) in [5.41, 5.74) is 5.68. The molecule has 0 aromatic carbocycles. The van der Waals surface area contributed by atoms with Crippen LogP contribution in [0.25, 0.3) is 0 Å². The van der Waals surface area contributed by atoms with E-state index in [1.165, 1.54) is 0 Å². The van der Waals surface area contributed by atoms with E-state index in [9.17, 15) is 5.11 Å². The highest BCUT2D eigenvalue weighted by atomic mass is 16.3. The molecular formula is C8H16N4O. The van der Waals surface area contributed by atoms with Gasteiger partial charge in [-0.2, -0.15) is 0 Å². The normalized spacial score (nSPS) is 39.6. The summed E-state index contributed by atoms with van der Waals surface area (Å²) in [6.45, 7) is 0. The number of guanidine groups is 1. The minimum absolute atomic E-state index is 0.167. The second-order valence-corrected chi connectivity index (χ2v) is 3.90. The molecule has 0 saturated carbocycles. The lowest BCUT2D eigenvalue weighted by molar-refractivity contribution is 0.0704. The predicted molar refractivity (Wildman–Crippen MR) is 49.7 cm³/mol. The van der Waals surface area contributed by atoms with Crippen LogP contribution in [0, 0.1) is 0 Å². The third-order valence-electron chi connectivity index (χ3n) is 3.11. The zero-order chi connectivity index (χ0) is 9.42. The largest absolute Gasteiger partial charge is 0.393 e. The van der Waals surface area contributed by atoms with Gasteiger partial charge in [0.15, 0.2) is 0 Å². The molecule has 0 aliphatic carbocycles. The lowest BCUT2D eigenvalue weighted by Gasteiger charge is -2.37. The van der Waals surface area contributed by atoms with Gasteiger partial charge in [-0.15, -0.1) is 5.10 Å². The number of piperidine rings is 1. The summed E-state index contributed by atoms with van der Waals surface area (Å²) < 4.78 is 0. The molecule has 2 heterocycles. The van der Waals surface area contributed by atoms with Crippen molar-refractivity contribution >= 4 is 5.96 Å². The number of fused-ring (bicyclic) bond motifs is 2. The number of aliphatic hydroxyl groups excluding tert-OH is 1. The van der Waals surface area contributed by atoms with Crippen LogP contribution < -0.4 is 11.6 Å². The second-order valence-electron chi connectivity index (χ2n) is 3.90. The second kappa shape index (κ2) is 3.06. The van der Waals surface area contributed by atoms with Gasteiger partial charge in [-0.1, -0.05) is 0 Å². The third-order valence-corrected chi connectivity index (χ3v) is 3.11. The molecular weight excluding hydrogens is 168 g/mol. The van der Waals surface area contributed by atoms with Gasteiger partial charge in [0, 0.05) is 12.1 Å². The maximum Gasteiger partial charge on any atom is 0.213 e. The highest BCUT2D eigenvalue weighted by molar-refractivity contribution is 5.78. The van der Waals surface area contributed by atoms with Crippen LogP contribution in [0.4, 0.5) is 0 Å². The molecule has 2 unspecified atom stereocenters. The van der Waals surface area contributed by atoms with E-state index in [1.807, 2.05) is 0 Å². The highest BCUT2D eigenvalue weighted by Gasteiger charge is 2.41. The molecule has 2 bridgehead atoms. The molecule has 2 aliphatic heterocycles. The standard InChI is InChI=1S/C8H16N4O/c9-8(11-10)12-5-1-2-6(12)4-7(13)3-5/h5-7,13H,1-4,10H2,(H2,9,11). The fourth-order valence-corrected chi connectivity index (χ4v) is 2.59. The number of rotatable bonds is 0. The summed E-state index contributed by atoms with van der Waals surface area (Å²) in [6.07, 6.45) is 3.62. The van der Waals surface area contributed by atoms with Crippen LogP contribution in [-0.4, -0.2) is 34.2 Å². The molecule has 0 amide bonds. The number of hydrazone groups is 1. The zero-order valence-corrected chi connectivity index (χ0v) is 7.56. The van der Waals surface area contributed by atoms with E-state index in [0.29, 0.717) is 18.0 Å². The van der Waals surface area contributed by atoms with E-state index in [2.05, 4.69) is 10.0 Å². The van der Waals surface area contributed by atoms with Gasteiger partial charge >= 0.3 is 0 Å². The van der Waals surface area contributed by atoms with Gasteiger partial charge in [0.1, 0.15) is 0 Å². The maximum atomic E-state index is 9.52. The summed E-state index contributed by atoms with van der Waals surface area (Å²) in [5, 5.41) is 13.0. The van der Waals surface area contributed by atoms with Crippen LogP contribution in [0.3, 0.4) is 0 Å². The minimum Gasteiger partial charge on any atom is -0.393 e. The number of aliphatic hydroxyl groups is 1. The van der Waals surface area contributed by atoms with Crippen LogP contribution in [0.1, 0.15) is 25.7 Å². The molecule has 0 radical (unpaired) electrons. The van der Waals surface area contributed by atoms with Crippen molar-refractivity contribution in [2.75, 3.05) is 0 Å². The fourth-order valence-electron chi connectivity index (χ4n) is 2.59. The quantitative estimate of drug-likeness (QED) is 0.198. The van der Waals surface area contributed by atoms with Gasteiger partial charge in [0.05, 0.1) is 6.10 Å². The van der Waals surface area contributed by atoms with Crippen molar-refractivity contribution in [3.63, 3.8) is 0 Å². The molecule has 5 heteroatoms. The summed E-state index contributed by atoms with van der Waals surface area (Å²) in [7, 11) is 0. The molecule has 2 aliphatic rings. The lowest BCUT2D eigenvalue weighted by atomic mass is 10.0. The first-order valence-electron chi connectivity index (χ1n) is 4.72. The van der Waals surface area contributed by atoms with Crippen molar-refractivity contribution in [3.05, 3.63) is 0 Å². The molecule has 2 fully saturated rings. The molecule has 2 saturated heterocycles. The van der Waals surface area contributed by atoms with Crippen LogP contribution in [0.15, 0.2) is 5.10 Å². The van der Waals surface area contributed by atoms with Gasteiger partial charge in [-0.3, -0.25) is 0 Å². The molecule has 2 atom stereocenters. The molecule has 2 rings (SSSR count). The molecule has 0 aromatic rings. The summed E-state index contributed by atoms with van der Waals surface area (Å²) in [5.74, 6) is 5.56. The smallest absolute Gasteiger partial charge is 0.213 e. The van der Waals surface area contributed by atoms with Gasteiger partial charge < -0.3 is 21.6 Å². The number of nitrogens with zero attached hydrogens (tertiary/aromatic N) is 2. The summed E-state index contributed by atoms with van der Waals surface area (Å²) in [6, 6.07) is 0.696. The van der Waals surface area contributed by atoms with Gasteiger partial charge in [-0.25, -0.2) is 0 Å². The molecule has 5 nitrogen and oxygen atoms in total. The first-order chi connectivity index (χ1) is 6.22. The van der Waals surface area contributed by atoms with Crippen LogP contribution in [-0.2, 0) is 0 Å². The Balaban J connectivity index is 2.15. The van der Waals surface area contributed by atoms with Crippen molar-refractivity contribution in [2.45, 2.75) is 43.9 Å². The first kappa shape index (κ1) is 8.62. The first-order valence-corrected chi connectivity index (χ1v) is 4.72. The number of hydrogen-bond donors (Lipinski definition) is 3. The van der Waals surface area contributed by atoms with E-state index in [0.717, 1.165) is 25.7 Å². The Morgan fingerprint density at radius 3 is 2.31 bits per heavy atom. The van der Waals surface area contributed by atoms with Crippen LogP contribution in [0.2, 0.25) is 0 Å². The Hall–Kier alpha value is -0.970. The van der Waals surface area contributed by atoms with E-state index in [-0.39, 0.29) is 6.10 Å². The number of hydrogen-bond acceptors (Lipinski definition) is 3. The average Bonchev–Trinajstić information content (AvgIpc) is 2.37. The van der Waals surface area contributed by atoms with Gasteiger partial charge in [-0.05, 0) is 25.7 Å². The Bertz CT molecular complexity index is 216. The molecule has 0 spiro atoms. The highest BCUT2D eigenvalue weighted by Crippen LogP contribution is 2.35. The van der Waals surface area contributed by atoms with Crippen molar-refractivity contribution in [3.8, 4) is 0 Å². The maximum absolute atomic E-state index is 9.52. The predicted octanol–water partition coefficient (Wildman–Crippen LogP) is -0.837. The third kappa shape index (κ3) is 1.33. The Labute approximate surface area is 77.4 Å². The monoisotopic (exact) mass is 184 g/mol. The SMILES string of the molecule is N/N=C(\N)N1C2CCC1CC(O)C2. The van der Waals surface area contributed by atoms with Crippen molar-refractivity contribution in [2.24, 2.45) is 16.7 Å². The van der Waals surface area contributed by atoms with Crippen LogP contribution >= 0.6 is 0 Å². The van der Waals surface area contributed by atoms with E-state index in [4.69, 9.17) is 11.6 Å². The molecule has 5 N–H and O–H groups in total. The average molecular weight is 184 g/mol. The Kier molecular flexibility index (Phi) is 2.03. The van der Waals surface area contributed by atoms with Gasteiger partial charge in [0.2, 0.25) is 5.96 Å². The zero-order valence-electron chi connectivity index (χ0n) is 7.56. The lowest BCUT2D eigenvalue weighted by Crippen LogP contribution is -2.51. The van der Waals surface area contributed by atoms with Crippen LogP contribution in [0.5, 0.6) is 0 Å². The molecule has 74 valence electrons. The van der Waals surface area contributed by atoms with Gasteiger partial charge in [0.25, 0.3) is 0 Å². The summed E-state index contributed by atoms with van der Waals surface area (Å²) >= 11 is 0. The number of nitrogens with two attached hydrogens (primary N) is 2.